The molecule has 0 bridgehead atoms. The first-order valence-electron chi connectivity index (χ1n) is 12.2. The van der Waals surface area contributed by atoms with Crippen LogP contribution in [0.1, 0.15) is 24.0 Å². The van der Waals surface area contributed by atoms with Gasteiger partial charge >= 0.3 is 0 Å². The number of methoxy groups -OCH3 is 2. The van der Waals surface area contributed by atoms with E-state index in [9.17, 15) is 9.90 Å². The monoisotopic (exact) mass is 491 g/mol. The lowest BCUT2D eigenvalue weighted by Gasteiger charge is -2.34. The fraction of sp³-hybridized carbons (Fsp3) is 0.379. The van der Waals surface area contributed by atoms with Crippen molar-refractivity contribution in [2.45, 2.75) is 25.7 Å². The SMILES string of the molecule is COc1ccc(CCOc2cccc(-c3cccc(CC(=O)C4(CO)CCOCC4)c3)n2)cc1OC. The number of nitrogens with zero attached hydrogens (tertiary/aromatic N) is 1. The van der Waals surface area contributed by atoms with E-state index in [1.54, 1.807) is 14.2 Å². The largest absolute Gasteiger partial charge is 0.493 e. The summed E-state index contributed by atoms with van der Waals surface area (Å²) in [6.45, 7) is 1.34. The normalized spacial score (nSPS) is 14.8. The summed E-state index contributed by atoms with van der Waals surface area (Å²) in [5.74, 6) is 1.98. The third kappa shape index (κ3) is 6.04. The number of ether oxygens (including phenoxy) is 4. The minimum atomic E-state index is -0.700. The van der Waals surface area contributed by atoms with Crippen LogP contribution in [-0.2, 0) is 22.4 Å². The van der Waals surface area contributed by atoms with Crippen LogP contribution in [0.5, 0.6) is 17.4 Å². The van der Waals surface area contributed by atoms with Crippen molar-refractivity contribution in [3.8, 4) is 28.6 Å². The number of pyridine rings is 1. The van der Waals surface area contributed by atoms with Crippen molar-refractivity contribution in [3.05, 3.63) is 71.8 Å². The first-order chi connectivity index (χ1) is 17.6. The smallest absolute Gasteiger partial charge is 0.213 e. The molecular formula is C29H33NO6. The van der Waals surface area contributed by atoms with E-state index in [1.807, 2.05) is 60.7 Å². The molecule has 3 aromatic rings. The molecule has 0 radical (unpaired) electrons. The molecule has 2 aromatic carbocycles. The second-order valence-electron chi connectivity index (χ2n) is 9.00. The van der Waals surface area contributed by atoms with Gasteiger partial charge in [-0.25, -0.2) is 4.98 Å². The van der Waals surface area contributed by atoms with Crippen molar-refractivity contribution >= 4 is 5.78 Å². The van der Waals surface area contributed by atoms with Gasteiger partial charge in [0.05, 0.1) is 38.5 Å². The van der Waals surface area contributed by atoms with E-state index in [2.05, 4.69) is 4.98 Å². The molecule has 0 atom stereocenters. The van der Waals surface area contributed by atoms with E-state index >= 15 is 0 Å². The minimum Gasteiger partial charge on any atom is -0.493 e. The summed E-state index contributed by atoms with van der Waals surface area (Å²) in [5.41, 5.74) is 2.96. The number of benzene rings is 2. The van der Waals surface area contributed by atoms with Gasteiger partial charge in [0.15, 0.2) is 11.5 Å². The molecule has 0 amide bonds. The Balaban J connectivity index is 1.40. The minimum absolute atomic E-state index is 0.0608. The molecule has 1 N–H and O–H groups in total. The molecule has 1 aliphatic rings. The second-order valence-corrected chi connectivity index (χ2v) is 9.00. The Labute approximate surface area is 212 Å². The average Bonchev–Trinajstić information content (AvgIpc) is 2.93. The number of hydrogen-bond acceptors (Lipinski definition) is 7. The van der Waals surface area contributed by atoms with Crippen LogP contribution in [0.25, 0.3) is 11.3 Å². The van der Waals surface area contributed by atoms with Gasteiger partial charge in [0, 0.05) is 37.7 Å². The molecule has 1 aliphatic heterocycles. The Morgan fingerprint density at radius 3 is 2.50 bits per heavy atom. The molecule has 36 heavy (non-hydrogen) atoms. The standard InChI is InChI=1S/C29H33NO6/c1-33-25-10-9-21(18-26(25)34-2)11-14-36-28-8-4-7-24(30-28)23-6-3-5-22(17-23)19-27(32)29(20-31)12-15-35-16-13-29/h3-10,17-18,31H,11-16,19-20H2,1-2H3. The van der Waals surface area contributed by atoms with Crippen molar-refractivity contribution in [2.24, 2.45) is 5.41 Å². The van der Waals surface area contributed by atoms with Gasteiger partial charge in [-0.1, -0.05) is 30.3 Å². The van der Waals surface area contributed by atoms with Gasteiger partial charge in [0.25, 0.3) is 0 Å². The molecule has 1 fully saturated rings. The molecular weight excluding hydrogens is 458 g/mol. The lowest BCUT2D eigenvalue weighted by Crippen LogP contribution is -2.41. The van der Waals surface area contributed by atoms with E-state index < -0.39 is 5.41 Å². The Kier molecular flexibility index (Phi) is 8.57. The molecule has 0 unspecified atom stereocenters. The Hall–Kier alpha value is -3.42. The quantitative estimate of drug-likeness (QED) is 0.428. The zero-order valence-corrected chi connectivity index (χ0v) is 20.9. The number of Topliss-reactive ketones (excluding diaryl/α,β-unsaturated/α-hetero) is 1. The number of rotatable bonds is 11. The van der Waals surface area contributed by atoms with Crippen LogP contribution in [0.3, 0.4) is 0 Å². The first-order valence-corrected chi connectivity index (χ1v) is 12.2. The molecule has 7 heteroatoms. The topological polar surface area (TPSA) is 87.1 Å². The maximum Gasteiger partial charge on any atom is 0.213 e. The fourth-order valence-electron chi connectivity index (χ4n) is 4.47. The number of aliphatic hydroxyl groups excluding tert-OH is 1. The van der Waals surface area contributed by atoms with Crippen molar-refractivity contribution < 1.29 is 28.8 Å². The van der Waals surface area contributed by atoms with Crippen LogP contribution in [0.2, 0.25) is 0 Å². The zero-order chi connectivity index (χ0) is 25.4. The molecule has 4 rings (SSSR count). The van der Waals surface area contributed by atoms with Gasteiger partial charge in [-0.05, 0) is 48.2 Å². The molecule has 0 aliphatic carbocycles. The van der Waals surface area contributed by atoms with Crippen LogP contribution >= 0.6 is 0 Å². The Morgan fingerprint density at radius 2 is 1.75 bits per heavy atom. The third-order valence-electron chi connectivity index (χ3n) is 6.74. The highest BCUT2D eigenvalue weighted by Crippen LogP contribution is 2.33. The molecule has 2 heterocycles. The predicted molar refractivity (Wildman–Crippen MR) is 137 cm³/mol. The summed E-state index contributed by atoms with van der Waals surface area (Å²) in [6, 6.07) is 19.3. The van der Waals surface area contributed by atoms with Crippen LogP contribution in [0.15, 0.2) is 60.7 Å². The van der Waals surface area contributed by atoms with Crippen molar-refractivity contribution in [3.63, 3.8) is 0 Å². The summed E-state index contributed by atoms with van der Waals surface area (Å²) in [5, 5.41) is 9.93. The summed E-state index contributed by atoms with van der Waals surface area (Å²) >= 11 is 0. The van der Waals surface area contributed by atoms with E-state index in [4.69, 9.17) is 18.9 Å². The van der Waals surface area contributed by atoms with Crippen LogP contribution in [-0.4, -0.2) is 56.5 Å². The molecule has 190 valence electrons. The Bertz CT molecular complexity index is 1170. The van der Waals surface area contributed by atoms with E-state index in [1.165, 1.54) is 0 Å². The fourth-order valence-corrected chi connectivity index (χ4v) is 4.47. The Morgan fingerprint density at radius 1 is 0.972 bits per heavy atom. The highest BCUT2D eigenvalue weighted by molar-refractivity contribution is 5.87. The van der Waals surface area contributed by atoms with E-state index in [0.29, 0.717) is 56.5 Å². The van der Waals surface area contributed by atoms with Crippen LogP contribution in [0.4, 0.5) is 0 Å². The van der Waals surface area contributed by atoms with Gasteiger partial charge < -0.3 is 24.1 Å². The van der Waals surface area contributed by atoms with E-state index in [-0.39, 0.29) is 18.8 Å². The summed E-state index contributed by atoms with van der Waals surface area (Å²) < 4.78 is 22.0. The van der Waals surface area contributed by atoms with E-state index in [0.717, 1.165) is 22.4 Å². The summed E-state index contributed by atoms with van der Waals surface area (Å²) in [6.07, 6.45) is 2.09. The number of aliphatic hydroxyl groups is 1. The van der Waals surface area contributed by atoms with Gasteiger partial charge in [-0.3, -0.25) is 4.79 Å². The molecule has 0 saturated carbocycles. The number of aromatic nitrogens is 1. The molecule has 1 aromatic heterocycles. The van der Waals surface area contributed by atoms with Crippen molar-refractivity contribution in [1.82, 2.24) is 4.98 Å². The maximum atomic E-state index is 13.1. The lowest BCUT2D eigenvalue weighted by atomic mass is 9.75. The summed E-state index contributed by atoms with van der Waals surface area (Å²) in [4.78, 5) is 17.7. The van der Waals surface area contributed by atoms with Gasteiger partial charge in [-0.2, -0.15) is 0 Å². The first kappa shape index (κ1) is 25.7. The predicted octanol–water partition coefficient (Wildman–Crippen LogP) is 4.29. The molecule has 0 spiro atoms. The van der Waals surface area contributed by atoms with Gasteiger partial charge in [-0.15, -0.1) is 0 Å². The number of ketones is 1. The van der Waals surface area contributed by atoms with Gasteiger partial charge in [0.2, 0.25) is 5.88 Å². The zero-order valence-electron chi connectivity index (χ0n) is 20.9. The number of hydrogen-bond donors (Lipinski definition) is 1. The number of carbonyl (C=O) groups is 1. The third-order valence-corrected chi connectivity index (χ3v) is 6.74. The maximum absolute atomic E-state index is 13.1. The molecule has 1 saturated heterocycles. The van der Waals surface area contributed by atoms with Crippen molar-refractivity contribution in [2.75, 3.05) is 40.6 Å². The molecule has 7 nitrogen and oxygen atoms in total. The summed E-state index contributed by atoms with van der Waals surface area (Å²) in [7, 11) is 3.23. The average molecular weight is 492 g/mol. The van der Waals surface area contributed by atoms with Crippen LogP contribution in [0, 0.1) is 5.41 Å². The lowest BCUT2D eigenvalue weighted by molar-refractivity contribution is -0.137. The van der Waals surface area contributed by atoms with Crippen molar-refractivity contribution in [1.29, 1.82) is 0 Å². The van der Waals surface area contributed by atoms with Crippen LogP contribution < -0.4 is 14.2 Å². The number of carbonyl (C=O) groups excluding carboxylic acids is 1. The van der Waals surface area contributed by atoms with Gasteiger partial charge in [0.1, 0.15) is 5.78 Å². The second kappa shape index (κ2) is 12.0. The highest BCUT2D eigenvalue weighted by atomic mass is 16.5. The highest BCUT2D eigenvalue weighted by Gasteiger charge is 2.38.